The van der Waals surface area contributed by atoms with Gasteiger partial charge in [0.1, 0.15) is 12.1 Å². The number of aromatic nitrogens is 3. The predicted octanol–water partition coefficient (Wildman–Crippen LogP) is 3.48. The second-order valence-electron chi connectivity index (χ2n) is 4.42. The minimum absolute atomic E-state index is 0. The van der Waals surface area contributed by atoms with Crippen LogP contribution in [0.1, 0.15) is 11.3 Å². The zero-order chi connectivity index (χ0) is 13.9. The first kappa shape index (κ1) is 14.8. The highest BCUT2D eigenvalue weighted by Crippen LogP contribution is 2.23. The Bertz CT molecular complexity index is 824. The van der Waals surface area contributed by atoms with E-state index in [0.717, 1.165) is 33.7 Å². The van der Waals surface area contributed by atoms with Gasteiger partial charge in [0.05, 0.1) is 11.7 Å². The summed E-state index contributed by atoms with van der Waals surface area (Å²) in [7, 11) is 0. The molecule has 104 valence electrons. The molecule has 0 radical (unpaired) electrons. The van der Waals surface area contributed by atoms with Crippen molar-refractivity contribution in [1.29, 1.82) is 0 Å². The van der Waals surface area contributed by atoms with E-state index in [1.807, 2.05) is 37.3 Å². The molecule has 1 aromatic carbocycles. The first-order valence-corrected chi connectivity index (χ1v) is 6.17. The van der Waals surface area contributed by atoms with Gasteiger partial charge < -0.3 is 5.32 Å². The van der Waals surface area contributed by atoms with E-state index in [1.165, 1.54) is 6.33 Å². The molecule has 5 heteroatoms. The van der Waals surface area contributed by atoms with E-state index in [-0.39, 0.29) is 12.4 Å². The highest BCUT2D eigenvalue weighted by atomic mass is 35.5. The largest absolute Gasteiger partial charge is 0.340 e. The van der Waals surface area contributed by atoms with Gasteiger partial charge in [-0.1, -0.05) is 12.0 Å². The number of aryl methyl sites for hydroxylation is 1. The molecule has 3 rings (SSSR count). The van der Waals surface area contributed by atoms with Gasteiger partial charge in [0.2, 0.25) is 0 Å². The van der Waals surface area contributed by atoms with Gasteiger partial charge in [-0.15, -0.1) is 18.8 Å². The molecule has 0 spiro atoms. The number of halogens is 1. The minimum Gasteiger partial charge on any atom is -0.340 e. The van der Waals surface area contributed by atoms with Crippen LogP contribution >= 0.6 is 12.4 Å². The van der Waals surface area contributed by atoms with Crippen LogP contribution in [0.3, 0.4) is 0 Å². The van der Waals surface area contributed by atoms with Gasteiger partial charge in [0.15, 0.2) is 0 Å². The van der Waals surface area contributed by atoms with Crippen LogP contribution < -0.4 is 5.32 Å². The van der Waals surface area contributed by atoms with Crippen LogP contribution in [0.25, 0.3) is 10.9 Å². The summed E-state index contributed by atoms with van der Waals surface area (Å²) < 4.78 is 0. The zero-order valence-corrected chi connectivity index (χ0v) is 12.2. The molecule has 2 aromatic heterocycles. The molecule has 3 aromatic rings. The molecule has 0 aliphatic rings. The Morgan fingerprint density at radius 2 is 2.00 bits per heavy atom. The first-order chi connectivity index (χ1) is 9.76. The van der Waals surface area contributed by atoms with Crippen molar-refractivity contribution in [2.75, 3.05) is 5.32 Å². The second kappa shape index (κ2) is 6.21. The van der Waals surface area contributed by atoms with Gasteiger partial charge in [-0.3, -0.25) is 4.98 Å². The maximum atomic E-state index is 5.41. The highest BCUT2D eigenvalue weighted by molar-refractivity contribution is 5.90. The monoisotopic (exact) mass is 296 g/mol. The number of rotatable bonds is 2. The molecule has 0 fully saturated rings. The molecular formula is C16H13ClN4. The molecule has 1 N–H and O–H groups in total. The highest BCUT2D eigenvalue weighted by Gasteiger charge is 2.05. The van der Waals surface area contributed by atoms with E-state index in [0.29, 0.717) is 0 Å². The van der Waals surface area contributed by atoms with Crippen molar-refractivity contribution in [2.24, 2.45) is 0 Å². The average Bonchev–Trinajstić information content (AvgIpc) is 2.48. The quantitative estimate of drug-likeness (QED) is 0.736. The Labute approximate surface area is 129 Å². The van der Waals surface area contributed by atoms with Crippen molar-refractivity contribution in [3.8, 4) is 12.3 Å². The zero-order valence-electron chi connectivity index (χ0n) is 11.4. The molecule has 0 atom stereocenters. The lowest BCUT2D eigenvalue weighted by Gasteiger charge is -2.08. The summed E-state index contributed by atoms with van der Waals surface area (Å²) in [6.07, 6.45) is 8.68. The molecular weight excluding hydrogens is 284 g/mol. The third-order valence-electron chi connectivity index (χ3n) is 2.95. The standard InChI is InChI=1S/C16H12N4.ClH/c1-3-12-5-4-6-13(8-12)20-16-14-7-11(2)17-9-15(14)18-10-19-16;/h1,4-10H,2H3,(H,18,19,20);1H. The van der Waals surface area contributed by atoms with Crippen LogP contribution in [-0.4, -0.2) is 15.0 Å². The molecule has 0 saturated carbocycles. The fourth-order valence-electron chi connectivity index (χ4n) is 1.99. The molecule has 2 heterocycles. The van der Waals surface area contributed by atoms with Crippen LogP contribution in [0.2, 0.25) is 0 Å². The van der Waals surface area contributed by atoms with E-state index >= 15 is 0 Å². The molecule has 21 heavy (non-hydrogen) atoms. The lowest BCUT2D eigenvalue weighted by molar-refractivity contribution is 1.17. The molecule has 0 aliphatic carbocycles. The summed E-state index contributed by atoms with van der Waals surface area (Å²) in [6, 6.07) is 9.61. The maximum absolute atomic E-state index is 5.41. The Morgan fingerprint density at radius 3 is 2.81 bits per heavy atom. The van der Waals surface area contributed by atoms with Crippen LogP contribution in [-0.2, 0) is 0 Å². The topological polar surface area (TPSA) is 50.7 Å². The third-order valence-corrected chi connectivity index (χ3v) is 2.95. The van der Waals surface area contributed by atoms with Crippen LogP contribution in [0.4, 0.5) is 11.5 Å². The van der Waals surface area contributed by atoms with Gasteiger partial charge in [-0.2, -0.15) is 0 Å². The van der Waals surface area contributed by atoms with Crippen LogP contribution in [0, 0.1) is 19.3 Å². The second-order valence-corrected chi connectivity index (χ2v) is 4.42. The molecule has 4 nitrogen and oxygen atoms in total. The summed E-state index contributed by atoms with van der Waals surface area (Å²) in [5.41, 5.74) is 3.45. The summed E-state index contributed by atoms with van der Waals surface area (Å²) in [4.78, 5) is 12.7. The number of nitrogens with zero attached hydrogens (tertiary/aromatic N) is 3. The van der Waals surface area contributed by atoms with Crippen molar-refractivity contribution in [2.45, 2.75) is 6.92 Å². The van der Waals surface area contributed by atoms with Crippen molar-refractivity contribution in [3.05, 3.63) is 54.1 Å². The number of anilines is 2. The lowest BCUT2D eigenvalue weighted by atomic mass is 10.2. The Morgan fingerprint density at radius 1 is 1.14 bits per heavy atom. The predicted molar refractivity (Wildman–Crippen MR) is 87.0 cm³/mol. The van der Waals surface area contributed by atoms with E-state index in [4.69, 9.17) is 6.42 Å². The average molecular weight is 297 g/mol. The number of benzene rings is 1. The van der Waals surface area contributed by atoms with Crippen LogP contribution in [0.5, 0.6) is 0 Å². The van der Waals surface area contributed by atoms with Gasteiger partial charge in [-0.05, 0) is 31.2 Å². The molecule has 0 amide bonds. The SMILES string of the molecule is C#Cc1cccc(Nc2ncnc3cnc(C)cc23)c1.Cl. The van der Waals surface area contributed by atoms with Crippen LogP contribution in [0.15, 0.2) is 42.9 Å². The number of nitrogens with one attached hydrogen (secondary N) is 1. The first-order valence-electron chi connectivity index (χ1n) is 6.17. The lowest BCUT2D eigenvalue weighted by Crippen LogP contribution is -1.97. The minimum atomic E-state index is 0. The van der Waals surface area contributed by atoms with Crippen molar-refractivity contribution < 1.29 is 0 Å². The number of hydrogen-bond acceptors (Lipinski definition) is 4. The molecule has 0 bridgehead atoms. The third kappa shape index (κ3) is 3.10. The summed E-state index contributed by atoms with van der Waals surface area (Å²) in [5, 5.41) is 4.21. The molecule has 0 unspecified atom stereocenters. The summed E-state index contributed by atoms with van der Waals surface area (Å²) in [5.74, 6) is 3.36. The fraction of sp³-hybridized carbons (Fsp3) is 0.0625. The molecule has 0 aliphatic heterocycles. The summed E-state index contributed by atoms with van der Waals surface area (Å²) in [6.45, 7) is 1.94. The molecule has 0 saturated heterocycles. The Balaban J connectivity index is 0.00000161. The van der Waals surface area contributed by atoms with Gasteiger partial charge in [0.25, 0.3) is 0 Å². The number of terminal acetylenes is 1. The summed E-state index contributed by atoms with van der Waals surface area (Å²) >= 11 is 0. The number of fused-ring (bicyclic) bond motifs is 1. The Kier molecular flexibility index (Phi) is 4.36. The van der Waals surface area contributed by atoms with Crippen molar-refractivity contribution in [1.82, 2.24) is 15.0 Å². The maximum Gasteiger partial charge on any atom is 0.141 e. The smallest absolute Gasteiger partial charge is 0.141 e. The normalized spacial score (nSPS) is 9.71. The van der Waals surface area contributed by atoms with E-state index in [1.54, 1.807) is 6.20 Å². The van der Waals surface area contributed by atoms with Crippen molar-refractivity contribution >= 4 is 34.8 Å². The van der Waals surface area contributed by atoms with Crippen molar-refractivity contribution in [3.63, 3.8) is 0 Å². The van der Waals surface area contributed by atoms with Gasteiger partial charge in [-0.25, -0.2) is 9.97 Å². The van der Waals surface area contributed by atoms with E-state index < -0.39 is 0 Å². The number of pyridine rings is 1. The van der Waals surface area contributed by atoms with E-state index in [2.05, 4.69) is 26.2 Å². The Hall–Kier alpha value is -2.64. The van der Waals surface area contributed by atoms with Gasteiger partial charge in [0, 0.05) is 22.3 Å². The number of hydrogen-bond donors (Lipinski definition) is 1. The van der Waals surface area contributed by atoms with Gasteiger partial charge >= 0.3 is 0 Å². The fourth-order valence-corrected chi connectivity index (χ4v) is 1.99. The van der Waals surface area contributed by atoms with E-state index in [9.17, 15) is 0 Å².